The Morgan fingerprint density at radius 3 is 2.84 bits per heavy atom. The molecule has 2 aromatic carbocycles. The van der Waals surface area contributed by atoms with Crippen LogP contribution < -0.4 is 5.32 Å². The number of amides is 1. The number of rotatable bonds is 7. The molecule has 0 unspecified atom stereocenters. The highest BCUT2D eigenvalue weighted by Gasteiger charge is 2.09. The van der Waals surface area contributed by atoms with Crippen LogP contribution in [0.5, 0.6) is 0 Å². The molecule has 3 rings (SSSR count). The van der Waals surface area contributed by atoms with Crippen LogP contribution in [-0.4, -0.2) is 28.6 Å². The molecule has 0 atom stereocenters. The van der Waals surface area contributed by atoms with Gasteiger partial charge in [-0.1, -0.05) is 30.3 Å². The summed E-state index contributed by atoms with van der Waals surface area (Å²) >= 11 is 0. The van der Waals surface area contributed by atoms with Crippen molar-refractivity contribution in [3.8, 4) is 0 Å². The number of fused-ring (bicyclic) bond motifs is 1. The van der Waals surface area contributed by atoms with Crippen LogP contribution in [0.3, 0.4) is 0 Å². The molecule has 0 saturated heterocycles. The molecule has 0 spiro atoms. The molecule has 0 saturated carbocycles. The van der Waals surface area contributed by atoms with Crippen molar-refractivity contribution in [2.45, 2.75) is 13.0 Å². The number of aromatic nitrogens is 2. The van der Waals surface area contributed by atoms with E-state index < -0.39 is 0 Å². The van der Waals surface area contributed by atoms with E-state index in [1.54, 1.807) is 6.07 Å². The SMILES string of the molecule is Cn1c(CCNC(=O)COCc2ccccc2)nc2cc(F)ccc21. The zero-order chi connectivity index (χ0) is 17.6. The number of hydrogen-bond acceptors (Lipinski definition) is 3. The monoisotopic (exact) mass is 341 g/mol. The third-order valence-electron chi connectivity index (χ3n) is 3.95. The third-order valence-corrected chi connectivity index (χ3v) is 3.95. The minimum Gasteiger partial charge on any atom is -0.367 e. The van der Waals surface area contributed by atoms with Gasteiger partial charge in [-0.05, 0) is 17.7 Å². The van der Waals surface area contributed by atoms with E-state index in [9.17, 15) is 9.18 Å². The lowest BCUT2D eigenvalue weighted by Gasteiger charge is -2.07. The molecule has 1 amide bonds. The van der Waals surface area contributed by atoms with Crippen molar-refractivity contribution < 1.29 is 13.9 Å². The van der Waals surface area contributed by atoms with Gasteiger partial charge in [-0.25, -0.2) is 9.37 Å². The van der Waals surface area contributed by atoms with E-state index in [0.717, 1.165) is 16.9 Å². The van der Waals surface area contributed by atoms with Crippen LogP contribution in [0.2, 0.25) is 0 Å². The lowest BCUT2D eigenvalue weighted by Crippen LogP contribution is -2.29. The number of nitrogens with zero attached hydrogens (tertiary/aromatic N) is 2. The molecule has 0 aliphatic rings. The van der Waals surface area contributed by atoms with Crippen LogP contribution in [0.1, 0.15) is 11.4 Å². The average molecular weight is 341 g/mol. The summed E-state index contributed by atoms with van der Waals surface area (Å²) in [5.74, 6) is 0.327. The molecule has 25 heavy (non-hydrogen) atoms. The van der Waals surface area contributed by atoms with E-state index in [1.807, 2.05) is 41.9 Å². The Kier molecular flexibility index (Phi) is 5.40. The number of imidazole rings is 1. The van der Waals surface area contributed by atoms with Crippen molar-refractivity contribution in [1.82, 2.24) is 14.9 Å². The smallest absolute Gasteiger partial charge is 0.246 e. The van der Waals surface area contributed by atoms with Gasteiger partial charge in [0, 0.05) is 26.1 Å². The van der Waals surface area contributed by atoms with Crippen molar-refractivity contribution in [3.63, 3.8) is 0 Å². The van der Waals surface area contributed by atoms with Gasteiger partial charge in [-0.2, -0.15) is 0 Å². The molecular formula is C19H20FN3O2. The lowest BCUT2D eigenvalue weighted by molar-refractivity contribution is -0.126. The van der Waals surface area contributed by atoms with Gasteiger partial charge in [0.25, 0.3) is 0 Å². The molecule has 0 fully saturated rings. The van der Waals surface area contributed by atoms with Crippen LogP contribution in [0.25, 0.3) is 11.0 Å². The zero-order valence-corrected chi connectivity index (χ0v) is 14.0. The van der Waals surface area contributed by atoms with E-state index in [1.165, 1.54) is 12.1 Å². The molecule has 130 valence electrons. The van der Waals surface area contributed by atoms with Crippen LogP contribution in [0.4, 0.5) is 4.39 Å². The van der Waals surface area contributed by atoms with Gasteiger partial charge in [0.15, 0.2) is 0 Å². The van der Waals surface area contributed by atoms with Crippen LogP contribution in [0, 0.1) is 5.82 Å². The second-order valence-electron chi connectivity index (χ2n) is 5.80. The number of halogens is 1. The predicted octanol–water partition coefficient (Wildman–Crippen LogP) is 2.59. The first-order valence-electron chi connectivity index (χ1n) is 8.13. The minimum absolute atomic E-state index is 0.0165. The van der Waals surface area contributed by atoms with Crippen LogP contribution >= 0.6 is 0 Å². The van der Waals surface area contributed by atoms with Gasteiger partial charge in [-0.3, -0.25) is 4.79 Å². The number of carbonyl (C=O) groups excluding carboxylic acids is 1. The summed E-state index contributed by atoms with van der Waals surface area (Å²) < 4.78 is 20.6. The topological polar surface area (TPSA) is 56.2 Å². The Morgan fingerprint density at radius 2 is 2.04 bits per heavy atom. The Bertz CT molecular complexity index is 862. The fraction of sp³-hybridized carbons (Fsp3) is 0.263. The number of ether oxygens (including phenoxy) is 1. The Hall–Kier alpha value is -2.73. The molecule has 0 bridgehead atoms. The molecule has 1 N–H and O–H groups in total. The molecule has 0 aliphatic carbocycles. The Morgan fingerprint density at radius 1 is 1.24 bits per heavy atom. The quantitative estimate of drug-likeness (QED) is 0.719. The highest BCUT2D eigenvalue weighted by atomic mass is 19.1. The lowest BCUT2D eigenvalue weighted by atomic mass is 10.2. The first-order valence-corrected chi connectivity index (χ1v) is 8.13. The van der Waals surface area contributed by atoms with Gasteiger partial charge in [0.1, 0.15) is 18.2 Å². The summed E-state index contributed by atoms with van der Waals surface area (Å²) in [5, 5.41) is 2.81. The van der Waals surface area contributed by atoms with Crippen molar-refractivity contribution in [2.75, 3.05) is 13.2 Å². The molecule has 0 radical (unpaired) electrons. The maximum absolute atomic E-state index is 13.3. The summed E-state index contributed by atoms with van der Waals surface area (Å²) in [6.07, 6.45) is 0.567. The molecule has 3 aromatic rings. The number of nitrogens with one attached hydrogen (secondary N) is 1. The van der Waals surface area contributed by atoms with Gasteiger partial charge >= 0.3 is 0 Å². The number of hydrogen-bond donors (Lipinski definition) is 1. The summed E-state index contributed by atoms with van der Waals surface area (Å²) in [6.45, 7) is 0.875. The summed E-state index contributed by atoms with van der Waals surface area (Å²) in [5.41, 5.74) is 2.52. The van der Waals surface area contributed by atoms with Crippen molar-refractivity contribution in [2.24, 2.45) is 7.05 Å². The number of benzene rings is 2. The standard InChI is InChI=1S/C19H20FN3O2/c1-23-17-8-7-15(20)11-16(17)22-18(23)9-10-21-19(24)13-25-12-14-5-3-2-4-6-14/h2-8,11H,9-10,12-13H2,1H3,(H,21,24). The average Bonchev–Trinajstić information content (AvgIpc) is 2.91. The van der Waals surface area contributed by atoms with Gasteiger partial charge < -0.3 is 14.6 Å². The van der Waals surface area contributed by atoms with Crippen molar-refractivity contribution >= 4 is 16.9 Å². The summed E-state index contributed by atoms with van der Waals surface area (Å²) in [7, 11) is 1.88. The van der Waals surface area contributed by atoms with Crippen molar-refractivity contribution in [1.29, 1.82) is 0 Å². The normalized spacial score (nSPS) is 11.0. The van der Waals surface area contributed by atoms with Crippen LogP contribution in [-0.2, 0) is 29.6 Å². The second-order valence-corrected chi connectivity index (χ2v) is 5.80. The fourth-order valence-electron chi connectivity index (χ4n) is 2.65. The van der Waals surface area contributed by atoms with E-state index in [-0.39, 0.29) is 18.3 Å². The minimum atomic E-state index is -0.305. The van der Waals surface area contributed by atoms with E-state index >= 15 is 0 Å². The van der Waals surface area contributed by atoms with Gasteiger partial charge in [0.2, 0.25) is 5.91 Å². The first kappa shape index (κ1) is 17.1. The third kappa shape index (κ3) is 4.42. The number of carbonyl (C=O) groups is 1. The predicted molar refractivity (Wildman–Crippen MR) is 93.5 cm³/mol. The first-order chi connectivity index (χ1) is 12.1. The molecule has 0 aliphatic heterocycles. The Balaban J connectivity index is 1.44. The van der Waals surface area contributed by atoms with Gasteiger partial charge in [-0.15, -0.1) is 0 Å². The second kappa shape index (κ2) is 7.90. The molecule has 5 nitrogen and oxygen atoms in total. The van der Waals surface area contributed by atoms with E-state index in [2.05, 4.69) is 10.3 Å². The van der Waals surface area contributed by atoms with Crippen LogP contribution in [0.15, 0.2) is 48.5 Å². The largest absolute Gasteiger partial charge is 0.367 e. The molecule has 1 aromatic heterocycles. The fourth-order valence-corrected chi connectivity index (χ4v) is 2.65. The Labute approximate surface area is 145 Å². The zero-order valence-electron chi connectivity index (χ0n) is 14.0. The number of aryl methyl sites for hydroxylation is 1. The van der Waals surface area contributed by atoms with Crippen molar-refractivity contribution in [3.05, 3.63) is 65.7 Å². The van der Waals surface area contributed by atoms with Gasteiger partial charge in [0.05, 0.1) is 17.6 Å². The van der Waals surface area contributed by atoms with E-state index in [4.69, 9.17) is 4.74 Å². The highest BCUT2D eigenvalue weighted by Crippen LogP contribution is 2.16. The van der Waals surface area contributed by atoms with E-state index in [0.29, 0.717) is 25.1 Å². The summed E-state index contributed by atoms with van der Waals surface area (Å²) in [6, 6.07) is 14.2. The maximum atomic E-state index is 13.3. The maximum Gasteiger partial charge on any atom is 0.246 e. The highest BCUT2D eigenvalue weighted by molar-refractivity contribution is 5.77. The summed E-state index contributed by atoms with van der Waals surface area (Å²) in [4.78, 5) is 16.2. The molecule has 1 heterocycles. The molecular weight excluding hydrogens is 321 g/mol. The molecule has 6 heteroatoms.